The van der Waals surface area contributed by atoms with Gasteiger partial charge in [0.05, 0.1) is 16.9 Å². The fraction of sp³-hybridized carbons (Fsp3) is 0.190. The third-order valence-electron chi connectivity index (χ3n) is 4.90. The molecule has 6 heteroatoms. The Balaban J connectivity index is 1.71. The van der Waals surface area contributed by atoms with Crippen LogP contribution in [0.3, 0.4) is 0 Å². The summed E-state index contributed by atoms with van der Waals surface area (Å²) in [5, 5.41) is 8.63. The second-order valence-corrected chi connectivity index (χ2v) is 8.00. The van der Waals surface area contributed by atoms with E-state index in [1.54, 1.807) is 0 Å². The number of fused-ring (bicyclic) bond motifs is 5. The van der Waals surface area contributed by atoms with Crippen LogP contribution in [0.15, 0.2) is 42.6 Å². The molecule has 1 unspecified atom stereocenters. The van der Waals surface area contributed by atoms with Crippen LogP contribution in [0, 0.1) is 6.92 Å². The largest absolute Gasteiger partial charge is 0.381 e. The number of hydrogen-bond donors (Lipinski definition) is 2. The minimum absolute atomic E-state index is 0.00726. The molecule has 5 nitrogen and oxygen atoms in total. The Kier molecular flexibility index (Phi) is 3.62. The zero-order valence-corrected chi connectivity index (χ0v) is 15.9. The number of nitrogens with zero attached hydrogens (tertiary/aromatic N) is 2. The molecule has 0 bridgehead atoms. The molecule has 1 aliphatic heterocycles. The lowest BCUT2D eigenvalue weighted by Crippen LogP contribution is -2.34. The van der Waals surface area contributed by atoms with Crippen molar-refractivity contribution in [2.24, 2.45) is 0 Å². The number of carbonyl (C=O) groups excluding carboxylic acids is 1. The highest BCUT2D eigenvalue weighted by atomic mass is 32.1. The monoisotopic (exact) mass is 374 g/mol. The number of aromatic nitrogens is 2. The van der Waals surface area contributed by atoms with Crippen LogP contribution in [-0.2, 0) is 0 Å². The third kappa shape index (κ3) is 2.64. The van der Waals surface area contributed by atoms with Gasteiger partial charge in [-0.3, -0.25) is 9.78 Å². The number of thiophene rings is 1. The topological polar surface area (TPSA) is 66.9 Å². The number of aryl methyl sites for hydroxylation is 1. The van der Waals surface area contributed by atoms with E-state index in [2.05, 4.69) is 27.8 Å². The second kappa shape index (κ2) is 6.03. The molecule has 1 atom stereocenters. The summed E-state index contributed by atoms with van der Waals surface area (Å²) in [4.78, 5) is 22.5. The molecule has 0 spiro atoms. The molecule has 2 N–H and O–H groups in total. The smallest absolute Gasteiger partial charge is 0.263 e. The molecular formula is C21H18N4OS. The van der Waals surface area contributed by atoms with Crippen LogP contribution >= 0.6 is 11.3 Å². The Morgan fingerprint density at radius 2 is 2.04 bits per heavy atom. The molecule has 3 aromatic heterocycles. The first-order valence-corrected chi connectivity index (χ1v) is 9.76. The van der Waals surface area contributed by atoms with E-state index in [0.717, 1.165) is 48.5 Å². The van der Waals surface area contributed by atoms with Crippen LogP contribution in [0.4, 0.5) is 5.69 Å². The van der Waals surface area contributed by atoms with Crippen molar-refractivity contribution in [2.75, 3.05) is 11.9 Å². The van der Waals surface area contributed by atoms with Crippen molar-refractivity contribution < 1.29 is 4.79 Å². The zero-order valence-electron chi connectivity index (χ0n) is 15.0. The van der Waals surface area contributed by atoms with Gasteiger partial charge in [-0.1, -0.05) is 0 Å². The predicted molar refractivity (Wildman–Crippen MR) is 111 cm³/mol. The lowest BCUT2D eigenvalue weighted by atomic mass is 10.1. The van der Waals surface area contributed by atoms with Crippen molar-refractivity contribution in [3.8, 4) is 11.3 Å². The van der Waals surface area contributed by atoms with Gasteiger partial charge in [-0.25, -0.2) is 4.98 Å². The molecule has 1 aliphatic rings. The molecule has 5 rings (SSSR count). The number of amides is 1. The SMILES string of the molecule is Cc1ccc(-c2ccc3c(ccc4sc5c(c43)NCC(C)NC5=O)n2)cn1. The molecule has 4 aromatic rings. The lowest BCUT2D eigenvalue weighted by Gasteiger charge is -2.10. The second-order valence-electron chi connectivity index (χ2n) is 6.95. The van der Waals surface area contributed by atoms with Gasteiger partial charge in [-0.05, 0) is 50.2 Å². The van der Waals surface area contributed by atoms with E-state index in [4.69, 9.17) is 4.98 Å². The maximum absolute atomic E-state index is 12.5. The molecule has 1 aromatic carbocycles. The van der Waals surface area contributed by atoms with Crippen LogP contribution in [0.2, 0.25) is 0 Å². The van der Waals surface area contributed by atoms with Gasteiger partial charge in [0.2, 0.25) is 0 Å². The van der Waals surface area contributed by atoms with Gasteiger partial charge in [-0.15, -0.1) is 11.3 Å². The quantitative estimate of drug-likeness (QED) is 0.519. The normalized spacial score (nSPS) is 16.7. The van der Waals surface area contributed by atoms with Crippen LogP contribution < -0.4 is 10.6 Å². The minimum atomic E-state index is -0.00726. The van der Waals surface area contributed by atoms with E-state index in [1.807, 2.05) is 44.3 Å². The number of nitrogens with one attached hydrogen (secondary N) is 2. The molecule has 0 fully saturated rings. The summed E-state index contributed by atoms with van der Waals surface area (Å²) in [6.07, 6.45) is 1.85. The van der Waals surface area contributed by atoms with E-state index < -0.39 is 0 Å². The van der Waals surface area contributed by atoms with Crippen molar-refractivity contribution >= 4 is 43.9 Å². The number of anilines is 1. The Bertz CT molecular complexity index is 1200. The summed E-state index contributed by atoms with van der Waals surface area (Å²) in [5.74, 6) is -0.00726. The number of hydrogen-bond acceptors (Lipinski definition) is 5. The van der Waals surface area contributed by atoms with E-state index >= 15 is 0 Å². The van der Waals surface area contributed by atoms with Crippen molar-refractivity contribution in [2.45, 2.75) is 19.9 Å². The molecule has 0 saturated heterocycles. The third-order valence-corrected chi connectivity index (χ3v) is 6.05. The Hall–Kier alpha value is -2.99. The molecule has 0 saturated carbocycles. The fourth-order valence-corrected chi connectivity index (χ4v) is 4.60. The highest BCUT2D eigenvalue weighted by Gasteiger charge is 2.24. The Morgan fingerprint density at radius 1 is 1.15 bits per heavy atom. The summed E-state index contributed by atoms with van der Waals surface area (Å²) in [5.41, 5.74) is 4.73. The van der Waals surface area contributed by atoms with Crippen LogP contribution in [0.5, 0.6) is 0 Å². The van der Waals surface area contributed by atoms with Gasteiger partial charge in [0, 0.05) is 45.5 Å². The average molecular weight is 374 g/mol. The van der Waals surface area contributed by atoms with Crippen molar-refractivity contribution in [1.82, 2.24) is 15.3 Å². The van der Waals surface area contributed by atoms with E-state index in [-0.39, 0.29) is 11.9 Å². The first-order valence-electron chi connectivity index (χ1n) is 8.94. The minimum Gasteiger partial charge on any atom is -0.381 e. The highest BCUT2D eigenvalue weighted by molar-refractivity contribution is 7.21. The lowest BCUT2D eigenvalue weighted by molar-refractivity contribution is 0.0949. The maximum Gasteiger partial charge on any atom is 0.263 e. The predicted octanol–water partition coefficient (Wildman–Crippen LogP) is 4.36. The summed E-state index contributed by atoms with van der Waals surface area (Å²) < 4.78 is 1.09. The summed E-state index contributed by atoms with van der Waals surface area (Å²) in [6.45, 7) is 4.69. The summed E-state index contributed by atoms with van der Waals surface area (Å²) in [6, 6.07) is 12.3. The molecule has 1 amide bonds. The standard InChI is InChI=1S/C21H18N4OS/c1-11-3-4-13(10-22-11)15-6-5-14-16(25-15)7-8-17-18(14)19-20(27-17)21(26)24-12(2)9-23-19/h3-8,10,12,23H,9H2,1-2H3,(H,24,26). The molecule has 0 radical (unpaired) electrons. The van der Waals surface area contributed by atoms with Crippen molar-refractivity contribution in [3.63, 3.8) is 0 Å². The number of carbonyl (C=O) groups is 1. The van der Waals surface area contributed by atoms with Gasteiger partial charge in [0.25, 0.3) is 5.91 Å². The molecule has 4 heterocycles. The molecule has 0 aliphatic carbocycles. The van der Waals surface area contributed by atoms with Crippen molar-refractivity contribution in [1.29, 1.82) is 0 Å². The van der Waals surface area contributed by atoms with Crippen LogP contribution in [0.25, 0.3) is 32.2 Å². The van der Waals surface area contributed by atoms with Gasteiger partial charge < -0.3 is 10.6 Å². The Morgan fingerprint density at radius 3 is 2.85 bits per heavy atom. The van der Waals surface area contributed by atoms with E-state index in [0.29, 0.717) is 6.54 Å². The maximum atomic E-state index is 12.5. The average Bonchev–Trinajstić information content (AvgIpc) is 2.99. The summed E-state index contributed by atoms with van der Waals surface area (Å²) in [7, 11) is 0. The van der Waals surface area contributed by atoms with Gasteiger partial charge in [0.1, 0.15) is 4.88 Å². The molecular weight excluding hydrogens is 356 g/mol. The fourth-order valence-electron chi connectivity index (χ4n) is 3.51. The first-order chi connectivity index (χ1) is 13.1. The summed E-state index contributed by atoms with van der Waals surface area (Å²) >= 11 is 1.53. The molecule has 134 valence electrons. The number of pyridine rings is 2. The van der Waals surface area contributed by atoms with Gasteiger partial charge >= 0.3 is 0 Å². The number of rotatable bonds is 1. The van der Waals surface area contributed by atoms with Gasteiger partial charge in [-0.2, -0.15) is 0 Å². The van der Waals surface area contributed by atoms with Crippen molar-refractivity contribution in [3.05, 3.63) is 53.2 Å². The Labute approximate surface area is 160 Å². The highest BCUT2D eigenvalue weighted by Crippen LogP contribution is 2.41. The van der Waals surface area contributed by atoms with E-state index in [9.17, 15) is 4.79 Å². The van der Waals surface area contributed by atoms with Crippen LogP contribution in [-0.4, -0.2) is 28.5 Å². The van der Waals surface area contributed by atoms with Crippen LogP contribution in [0.1, 0.15) is 22.3 Å². The van der Waals surface area contributed by atoms with Gasteiger partial charge in [0.15, 0.2) is 0 Å². The van der Waals surface area contributed by atoms with E-state index in [1.165, 1.54) is 11.3 Å². The first kappa shape index (κ1) is 16.2. The number of benzene rings is 1. The zero-order chi connectivity index (χ0) is 18.5. The molecule has 27 heavy (non-hydrogen) atoms.